The summed E-state index contributed by atoms with van der Waals surface area (Å²) >= 11 is 0. The van der Waals surface area contributed by atoms with E-state index in [2.05, 4.69) is 40.0 Å². The maximum Gasteiger partial charge on any atom is 0.271 e. The van der Waals surface area contributed by atoms with Crippen LogP contribution in [0.2, 0.25) is 0 Å². The average Bonchev–Trinajstić information content (AvgIpc) is 3.06. The van der Waals surface area contributed by atoms with Gasteiger partial charge in [0.25, 0.3) is 5.91 Å². The molecule has 0 saturated carbocycles. The number of nitrogens with one attached hydrogen (secondary N) is 2. The lowest BCUT2D eigenvalue weighted by atomic mass is 9.77. The molecule has 4 rings (SSSR count). The van der Waals surface area contributed by atoms with E-state index in [9.17, 15) is 4.79 Å². The summed E-state index contributed by atoms with van der Waals surface area (Å²) in [7, 11) is 0. The van der Waals surface area contributed by atoms with Crippen molar-refractivity contribution in [1.82, 2.24) is 20.4 Å². The van der Waals surface area contributed by atoms with Gasteiger partial charge in [-0.25, -0.2) is 0 Å². The van der Waals surface area contributed by atoms with Gasteiger partial charge >= 0.3 is 0 Å². The van der Waals surface area contributed by atoms with Gasteiger partial charge in [-0.3, -0.25) is 9.48 Å². The molecule has 0 spiro atoms. The molecular weight excluding hydrogens is 288 g/mol. The zero-order valence-corrected chi connectivity index (χ0v) is 13.2. The largest absolute Gasteiger partial charge is 0.350 e. The highest BCUT2D eigenvalue weighted by atomic mass is 16.1. The summed E-state index contributed by atoms with van der Waals surface area (Å²) in [6, 6.07) is 10.6. The van der Waals surface area contributed by atoms with Gasteiger partial charge in [-0.2, -0.15) is 5.10 Å². The number of piperidine rings is 1. The number of benzene rings is 1. The number of nitrogens with zero attached hydrogens (tertiary/aromatic N) is 2. The number of amides is 1. The molecule has 0 unspecified atom stereocenters. The van der Waals surface area contributed by atoms with E-state index in [1.165, 1.54) is 11.1 Å². The summed E-state index contributed by atoms with van der Waals surface area (Å²) in [4.78, 5) is 12.3. The molecular formula is C18H22N4O. The lowest BCUT2D eigenvalue weighted by molar-refractivity contribution is 0.0943. The second kappa shape index (κ2) is 6.16. The summed E-state index contributed by atoms with van der Waals surface area (Å²) < 4.78 is 1.93. The van der Waals surface area contributed by atoms with Crippen molar-refractivity contribution >= 4 is 5.91 Å². The molecule has 2 heterocycles. The molecule has 1 saturated heterocycles. The summed E-state index contributed by atoms with van der Waals surface area (Å²) in [5.41, 5.74) is 3.29. The minimum atomic E-state index is -0.0723. The van der Waals surface area contributed by atoms with Crippen LogP contribution in [-0.2, 0) is 6.42 Å². The number of rotatable bonds is 4. The van der Waals surface area contributed by atoms with Crippen LogP contribution in [0, 0.1) is 0 Å². The van der Waals surface area contributed by atoms with Crippen molar-refractivity contribution < 1.29 is 4.79 Å². The average molecular weight is 310 g/mol. The van der Waals surface area contributed by atoms with Gasteiger partial charge < -0.3 is 10.6 Å². The van der Waals surface area contributed by atoms with E-state index in [0.29, 0.717) is 24.2 Å². The minimum Gasteiger partial charge on any atom is -0.350 e. The first-order valence-electron chi connectivity index (χ1n) is 8.43. The molecule has 0 bridgehead atoms. The fraction of sp³-hybridized carbons (Fsp3) is 0.444. The van der Waals surface area contributed by atoms with Crippen LogP contribution >= 0.6 is 0 Å². The molecule has 1 amide bonds. The van der Waals surface area contributed by atoms with Crippen LogP contribution in [0.15, 0.2) is 36.5 Å². The SMILES string of the molecule is O=C(NC[C@@H]1Cc2ccccc21)c1ccn([C@@H]2CCCNC2)n1. The highest BCUT2D eigenvalue weighted by Gasteiger charge is 2.26. The Labute approximate surface area is 136 Å². The summed E-state index contributed by atoms with van der Waals surface area (Å²) in [6.07, 6.45) is 5.26. The molecule has 1 fully saturated rings. The maximum absolute atomic E-state index is 12.3. The normalized spacial score (nSPS) is 23.0. The van der Waals surface area contributed by atoms with Crippen LogP contribution in [0.25, 0.3) is 0 Å². The van der Waals surface area contributed by atoms with Crippen LogP contribution in [0.1, 0.15) is 46.4 Å². The third-order valence-corrected chi connectivity index (χ3v) is 4.96. The van der Waals surface area contributed by atoms with E-state index >= 15 is 0 Å². The van der Waals surface area contributed by atoms with E-state index in [0.717, 1.165) is 32.4 Å². The monoisotopic (exact) mass is 310 g/mol. The third kappa shape index (κ3) is 2.88. The zero-order chi connectivity index (χ0) is 15.6. The first kappa shape index (κ1) is 14.5. The van der Waals surface area contributed by atoms with Crippen molar-refractivity contribution in [3.05, 3.63) is 53.3 Å². The zero-order valence-electron chi connectivity index (χ0n) is 13.2. The summed E-state index contributed by atoms with van der Waals surface area (Å²) in [6.45, 7) is 2.70. The van der Waals surface area contributed by atoms with Crippen LogP contribution in [0.4, 0.5) is 0 Å². The fourth-order valence-corrected chi connectivity index (χ4v) is 3.57. The highest BCUT2D eigenvalue weighted by molar-refractivity contribution is 5.92. The first-order chi connectivity index (χ1) is 11.3. The predicted octanol–water partition coefficient (Wildman–Crippen LogP) is 1.88. The molecule has 5 heteroatoms. The Morgan fingerprint density at radius 1 is 1.35 bits per heavy atom. The topological polar surface area (TPSA) is 59.0 Å². The molecule has 5 nitrogen and oxygen atoms in total. The van der Waals surface area contributed by atoms with E-state index in [-0.39, 0.29) is 5.91 Å². The van der Waals surface area contributed by atoms with E-state index in [4.69, 9.17) is 0 Å². The Morgan fingerprint density at radius 3 is 3.09 bits per heavy atom. The quantitative estimate of drug-likeness (QED) is 0.906. The second-order valence-electron chi connectivity index (χ2n) is 6.49. The van der Waals surface area contributed by atoms with E-state index in [1.54, 1.807) is 0 Å². The standard InChI is InChI=1S/C18H22N4O/c23-18(20-11-14-10-13-4-1-2-6-16(13)14)17-7-9-22(21-17)15-5-3-8-19-12-15/h1-2,4,6-7,9,14-15,19H,3,5,8,10-12H2,(H,20,23)/t14-,15+/m0/s1. The number of carbonyl (C=O) groups excluding carboxylic acids is 1. The van der Waals surface area contributed by atoms with Crippen LogP contribution in [0.5, 0.6) is 0 Å². The van der Waals surface area contributed by atoms with Crippen LogP contribution in [0.3, 0.4) is 0 Å². The van der Waals surface area contributed by atoms with Gasteiger partial charge in [-0.15, -0.1) is 0 Å². The van der Waals surface area contributed by atoms with Gasteiger partial charge in [-0.05, 0) is 43.0 Å². The number of aromatic nitrogens is 2. The number of fused-ring (bicyclic) bond motifs is 1. The Hall–Kier alpha value is -2.14. The van der Waals surface area contributed by atoms with Gasteiger partial charge in [0, 0.05) is 25.2 Å². The Morgan fingerprint density at radius 2 is 2.26 bits per heavy atom. The summed E-state index contributed by atoms with van der Waals surface area (Å²) in [5.74, 6) is 0.372. The Kier molecular flexibility index (Phi) is 3.87. The van der Waals surface area contributed by atoms with Gasteiger partial charge in [0.15, 0.2) is 0 Å². The van der Waals surface area contributed by atoms with Crippen molar-refractivity contribution in [2.45, 2.75) is 31.2 Å². The molecule has 2 aromatic rings. The number of carbonyl (C=O) groups is 1. The smallest absolute Gasteiger partial charge is 0.271 e. The molecule has 2 aliphatic rings. The first-order valence-corrected chi connectivity index (χ1v) is 8.43. The lowest BCUT2D eigenvalue weighted by Crippen LogP contribution is -2.34. The Bertz CT molecular complexity index is 703. The van der Waals surface area contributed by atoms with Crippen molar-refractivity contribution in [3.63, 3.8) is 0 Å². The molecule has 0 radical (unpaired) electrons. The number of hydrogen-bond donors (Lipinski definition) is 2. The molecule has 2 N–H and O–H groups in total. The van der Waals surface area contributed by atoms with E-state index in [1.807, 2.05) is 16.9 Å². The van der Waals surface area contributed by atoms with Crippen molar-refractivity contribution in [1.29, 1.82) is 0 Å². The highest BCUT2D eigenvalue weighted by Crippen LogP contribution is 2.34. The molecule has 1 aliphatic heterocycles. The minimum absolute atomic E-state index is 0.0723. The predicted molar refractivity (Wildman–Crippen MR) is 88.6 cm³/mol. The molecule has 23 heavy (non-hydrogen) atoms. The van der Waals surface area contributed by atoms with Crippen molar-refractivity contribution in [2.75, 3.05) is 19.6 Å². The fourth-order valence-electron chi connectivity index (χ4n) is 3.57. The molecule has 1 aliphatic carbocycles. The van der Waals surface area contributed by atoms with E-state index < -0.39 is 0 Å². The van der Waals surface area contributed by atoms with Crippen molar-refractivity contribution in [2.24, 2.45) is 0 Å². The lowest BCUT2D eigenvalue weighted by Gasteiger charge is -2.30. The molecule has 1 aromatic heterocycles. The van der Waals surface area contributed by atoms with Crippen LogP contribution < -0.4 is 10.6 Å². The molecule has 2 atom stereocenters. The van der Waals surface area contributed by atoms with Gasteiger partial charge in [0.1, 0.15) is 5.69 Å². The maximum atomic E-state index is 12.3. The van der Waals surface area contributed by atoms with Crippen molar-refractivity contribution in [3.8, 4) is 0 Å². The van der Waals surface area contributed by atoms with Gasteiger partial charge in [-0.1, -0.05) is 24.3 Å². The second-order valence-corrected chi connectivity index (χ2v) is 6.49. The summed E-state index contributed by atoms with van der Waals surface area (Å²) in [5, 5.41) is 10.9. The third-order valence-electron chi connectivity index (χ3n) is 4.96. The van der Waals surface area contributed by atoms with Gasteiger partial charge in [0.05, 0.1) is 6.04 Å². The Balaban J connectivity index is 1.34. The van der Waals surface area contributed by atoms with Crippen LogP contribution in [-0.4, -0.2) is 35.3 Å². The number of hydrogen-bond acceptors (Lipinski definition) is 3. The molecule has 1 aromatic carbocycles. The molecule has 120 valence electrons. The van der Waals surface area contributed by atoms with Gasteiger partial charge in [0.2, 0.25) is 0 Å².